The van der Waals surface area contributed by atoms with Gasteiger partial charge in [0.05, 0.1) is 19.1 Å². The van der Waals surface area contributed by atoms with Crippen LogP contribution in [0.2, 0.25) is 0 Å². The molecule has 3 rings (SSSR count). The van der Waals surface area contributed by atoms with Gasteiger partial charge in [-0.05, 0) is 19.4 Å². The van der Waals surface area contributed by atoms with E-state index in [1.807, 2.05) is 26.8 Å². The molecule has 0 aromatic heterocycles. The number of fused-ring (bicyclic) bond motifs is 2. The fraction of sp³-hybridized carbons (Fsp3) is 0.438. The number of carbonyl (C=O) groups excluding carboxylic acids is 1. The first-order chi connectivity index (χ1) is 11.4. The van der Waals surface area contributed by atoms with E-state index in [0.717, 1.165) is 29.1 Å². The van der Waals surface area contributed by atoms with Crippen molar-refractivity contribution in [3.63, 3.8) is 0 Å². The molecule has 8 nitrogen and oxygen atoms in total. The smallest absolute Gasteiger partial charge is 0.273 e. The van der Waals surface area contributed by atoms with Crippen molar-refractivity contribution < 1.29 is 24.0 Å². The van der Waals surface area contributed by atoms with Crippen LogP contribution >= 0.6 is 0 Å². The summed E-state index contributed by atoms with van der Waals surface area (Å²) in [5.74, 6) is 0.269. The number of hydroxylamine groups is 2. The van der Waals surface area contributed by atoms with Crippen LogP contribution in [-0.2, 0) is 19.3 Å². The molecule has 1 aliphatic carbocycles. The van der Waals surface area contributed by atoms with Crippen LogP contribution in [0.25, 0.3) is 0 Å². The lowest BCUT2D eigenvalue weighted by molar-refractivity contribution is -0.741. The van der Waals surface area contributed by atoms with Crippen molar-refractivity contribution in [1.82, 2.24) is 10.8 Å². The second-order valence-corrected chi connectivity index (χ2v) is 5.44. The number of oxime groups is 1. The maximum Gasteiger partial charge on any atom is 0.273 e. The number of rotatable bonds is 6. The Hall–Kier alpha value is -2.61. The minimum atomic E-state index is -0.337. The van der Waals surface area contributed by atoms with Crippen LogP contribution < -0.4 is 10.8 Å². The third kappa shape index (κ3) is 3.18. The maximum absolute atomic E-state index is 12.1. The molecular formula is C16H23N4O4+. The minimum absolute atomic E-state index is 0.180. The van der Waals surface area contributed by atoms with Gasteiger partial charge in [-0.25, -0.2) is 4.84 Å². The average molecular weight is 335 g/mol. The van der Waals surface area contributed by atoms with Crippen molar-refractivity contribution in [2.24, 2.45) is 5.16 Å². The molecule has 2 aliphatic heterocycles. The Morgan fingerprint density at radius 2 is 2.08 bits per heavy atom. The topological polar surface area (TPSA) is 84.2 Å². The molecule has 8 heteroatoms. The number of hydrogen-bond donors (Lipinski definition) is 2. The number of allylic oxidation sites excluding steroid dienone is 5. The highest BCUT2D eigenvalue weighted by atomic mass is 16.7. The third-order valence-corrected chi connectivity index (χ3v) is 3.82. The summed E-state index contributed by atoms with van der Waals surface area (Å²) in [6.45, 7) is 5.77. The molecule has 0 aromatic rings. The quantitative estimate of drug-likeness (QED) is 0.432. The monoisotopic (exact) mass is 335 g/mol. The molecule has 0 spiro atoms. The SMILES string of the molecule is CNC(=O)C(=NOC)C1=CC2=[N+](C(C)=C(C)NOC)OC1=C(C)C2. The lowest BCUT2D eigenvalue weighted by Gasteiger charge is -2.23. The van der Waals surface area contributed by atoms with E-state index in [0.29, 0.717) is 11.3 Å². The highest BCUT2D eigenvalue weighted by molar-refractivity contribution is 6.46. The van der Waals surface area contributed by atoms with Gasteiger partial charge in [-0.3, -0.25) is 15.1 Å². The van der Waals surface area contributed by atoms with Gasteiger partial charge in [0, 0.05) is 24.8 Å². The van der Waals surface area contributed by atoms with Gasteiger partial charge < -0.3 is 10.2 Å². The summed E-state index contributed by atoms with van der Waals surface area (Å²) in [5.41, 5.74) is 7.19. The molecular weight excluding hydrogens is 312 g/mol. The molecule has 0 atom stereocenters. The van der Waals surface area contributed by atoms with E-state index in [2.05, 4.69) is 16.0 Å². The zero-order valence-corrected chi connectivity index (χ0v) is 14.8. The van der Waals surface area contributed by atoms with E-state index < -0.39 is 0 Å². The van der Waals surface area contributed by atoms with Gasteiger partial charge in [0.25, 0.3) is 11.6 Å². The minimum Gasteiger partial charge on any atom is -0.398 e. The van der Waals surface area contributed by atoms with Crippen molar-refractivity contribution in [2.75, 3.05) is 21.3 Å². The summed E-state index contributed by atoms with van der Waals surface area (Å²) >= 11 is 0. The van der Waals surface area contributed by atoms with E-state index in [-0.39, 0.29) is 11.6 Å². The van der Waals surface area contributed by atoms with E-state index in [1.165, 1.54) is 7.11 Å². The zero-order valence-electron chi connectivity index (χ0n) is 14.8. The number of nitrogens with zero attached hydrogens (tertiary/aromatic N) is 2. The summed E-state index contributed by atoms with van der Waals surface area (Å²) < 4.78 is 1.72. The Morgan fingerprint density at radius 3 is 2.62 bits per heavy atom. The van der Waals surface area contributed by atoms with Crippen LogP contribution in [0.3, 0.4) is 0 Å². The molecule has 24 heavy (non-hydrogen) atoms. The Bertz CT molecular complexity index is 714. The van der Waals surface area contributed by atoms with E-state index >= 15 is 0 Å². The Morgan fingerprint density at radius 1 is 1.38 bits per heavy atom. The maximum atomic E-state index is 12.1. The molecule has 2 bridgehead atoms. The fourth-order valence-electron chi connectivity index (χ4n) is 2.53. The number of hydrogen-bond acceptors (Lipinski definition) is 6. The Balaban J connectivity index is 2.52. The largest absolute Gasteiger partial charge is 0.398 e. The summed E-state index contributed by atoms with van der Waals surface area (Å²) in [4.78, 5) is 27.8. The standard InChI is InChI=1S/C16H22N4O4/c1-9-7-12-8-13(14(19-23-6)16(21)17-4)15(9)24-20(12)11(3)10(2)18-22-5/h8H,7H2,1-6H3,(H-,17,18,19,21)/p+1. The van der Waals surface area contributed by atoms with Crippen molar-refractivity contribution in [1.29, 1.82) is 0 Å². The van der Waals surface area contributed by atoms with Crippen LogP contribution in [0.15, 0.2) is 39.5 Å². The summed E-state index contributed by atoms with van der Waals surface area (Å²) in [5, 5.41) is 6.42. The van der Waals surface area contributed by atoms with E-state index in [9.17, 15) is 4.79 Å². The number of carbonyl (C=O) groups is 1. The van der Waals surface area contributed by atoms with Gasteiger partial charge in [0.2, 0.25) is 11.5 Å². The molecule has 0 unspecified atom stereocenters. The summed E-state index contributed by atoms with van der Waals surface area (Å²) in [7, 11) is 4.50. The zero-order chi connectivity index (χ0) is 17.9. The molecule has 2 N–H and O–H groups in total. The first kappa shape index (κ1) is 17.7. The summed E-state index contributed by atoms with van der Waals surface area (Å²) in [6, 6.07) is 0. The van der Waals surface area contributed by atoms with Crippen molar-refractivity contribution in [2.45, 2.75) is 27.2 Å². The second kappa shape index (κ2) is 7.31. The lowest BCUT2D eigenvalue weighted by Crippen LogP contribution is -2.37. The van der Waals surface area contributed by atoms with Gasteiger partial charge in [0.1, 0.15) is 12.8 Å². The molecule has 2 heterocycles. The van der Waals surface area contributed by atoms with Crippen molar-refractivity contribution in [3.05, 3.63) is 34.4 Å². The number of amides is 1. The molecule has 0 fully saturated rings. The molecule has 130 valence electrons. The third-order valence-electron chi connectivity index (χ3n) is 3.82. The van der Waals surface area contributed by atoms with Crippen LogP contribution in [0.1, 0.15) is 27.2 Å². The van der Waals surface area contributed by atoms with Crippen LogP contribution in [0, 0.1) is 0 Å². The summed E-state index contributed by atoms with van der Waals surface area (Å²) in [6.07, 6.45) is 2.62. The first-order valence-electron chi connectivity index (χ1n) is 7.50. The van der Waals surface area contributed by atoms with Crippen LogP contribution in [0.4, 0.5) is 0 Å². The molecule has 0 radical (unpaired) electrons. The lowest BCUT2D eigenvalue weighted by atomic mass is 9.92. The predicted molar refractivity (Wildman–Crippen MR) is 88.8 cm³/mol. The van der Waals surface area contributed by atoms with Crippen molar-refractivity contribution in [3.8, 4) is 0 Å². The Labute approximate surface area is 141 Å². The molecule has 0 aromatic carbocycles. The predicted octanol–water partition coefficient (Wildman–Crippen LogP) is 1.14. The molecule has 0 saturated heterocycles. The normalized spacial score (nSPS) is 18.1. The van der Waals surface area contributed by atoms with Gasteiger partial charge in [-0.1, -0.05) is 5.16 Å². The van der Waals surface area contributed by atoms with Gasteiger partial charge in [-0.15, -0.1) is 0 Å². The van der Waals surface area contributed by atoms with Gasteiger partial charge in [-0.2, -0.15) is 0 Å². The highest BCUT2D eigenvalue weighted by Gasteiger charge is 2.39. The van der Waals surface area contributed by atoms with E-state index in [4.69, 9.17) is 14.5 Å². The average Bonchev–Trinajstić information content (AvgIpc) is 2.58. The van der Waals surface area contributed by atoms with Gasteiger partial charge >= 0.3 is 0 Å². The first-order valence-corrected chi connectivity index (χ1v) is 7.50. The molecule has 0 saturated carbocycles. The van der Waals surface area contributed by atoms with Crippen LogP contribution in [-0.4, -0.2) is 43.3 Å². The van der Waals surface area contributed by atoms with Crippen molar-refractivity contribution >= 4 is 17.3 Å². The second-order valence-electron chi connectivity index (χ2n) is 5.44. The van der Waals surface area contributed by atoms with E-state index in [1.54, 1.807) is 18.9 Å². The Kier molecular flexibility index (Phi) is 5.40. The van der Waals surface area contributed by atoms with Gasteiger partial charge in [0.15, 0.2) is 5.71 Å². The number of nitrogens with one attached hydrogen (secondary N) is 2. The van der Waals surface area contributed by atoms with Crippen LogP contribution in [0.5, 0.6) is 0 Å². The molecule has 3 aliphatic rings. The fourth-order valence-corrected chi connectivity index (χ4v) is 2.53. The molecule has 1 amide bonds. The highest BCUT2D eigenvalue weighted by Crippen LogP contribution is 2.32.